The molecule has 1 aromatic carbocycles. The van der Waals surface area contributed by atoms with Crippen LogP contribution in [-0.4, -0.2) is 29.6 Å². The van der Waals surface area contributed by atoms with E-state index >= 15 is 0 Å². The lowest BCUT2D eigenvalue weighted by Crippen LogP contribution is -2.37. The van der Waals surface area contributed by atoms with E-state index in [4.69, 9.17) is 0 Å². The van der Waals surface area contributed by atoms with Crippen LogP contribution in [0.5, 0.6) is 0 Å². The third-order valence-electron chi connectivity index (χ3n) is 4.06. The van der Waals surface area contributed by atoms with Gasteiger partial charge in [-0.2, -0.15) is 0 Å². The summed E-state index contributed by atoms with van der Waals surface area (Å²) in [6, 6.07) is 10.4. The first-order valence-electron chi connectivity index (χ1n) is 7.42. The minimum absolute atomic E-state index is 0.311. The van der Waals surface area contributed by atoms with E-state index in [1.54, 1.807) is 22.9 Å². The van der Waals surface area contributed by atoms with Crippen LogP contribution in [0.2, 0.25) is 0 Å². The largest absolute Gasteiger partial charge is 0.341 e. The molecule has 1 saturated heterocycles. The number of rotatable bonds is 4. The normalized spacial score (nSPS) is 18.3. The molecule has 0 unspecified atom stereocenters. The van der Waals surface area contributed by atoms with Gasteiger partial charge in [-0.25, -0.2) is 0 Å². The van der Waals surface area contributed by atoms with Gasteiger partial charge in [-0.1, -0.05) is 41.5 Å². The maximum absolute atomic E-state index is 12.2. The summed E-state index contributed by atoms with van der Waals surface area (Å²) in [6.07, 6.45) is 4.86. The minimum atomic E-state index is 0.311. The molecule has 1 heterocycles. The van der Waals surface area contributed by atoms with Crippen molar-refractivity contribution in [3.05, 3.63) is 47.0 Å². The molecule has 2 nitrogen and oxygen atoms in total. The fourth-order valence-electron chi connectivity index (χ4n) is 2.72. The molecule has 1 aliphatic heterocycles. The number of piperidine rings is 1. The van der Waals surface area contributed by atoms with E-state index in [9.17, 15) is 4.79 Å². The number of thioether (sulfide) groups is 1. The topological polar surface area (TPSA) is 20.3 Å². The Morgan fingerprint density at radius 1 is 1.00 bits per heavy atom. The SMILES string of the molecule is O=C(CSCc1ccccc1)N1CCC(=C2CC2)CC1. The maximum atomic E-state index is 12.2. The standard InChI is InChI=1S/C17H21NOS/c19-17(13-20-12-14-4-2-1-3-5-14)18-10-8-16(9-11-18)15-6-7-15/h1-5H,6-13H2. The molecule has 0 aromatic heterocycles. The lowest BCUT2D eigenvalue weighted by molar-refractivity contribution is -0.128. The Kier molecular flexibility index (Phi) is 4.46. The van der Waals surface area contributed by atoms with Crippen LogP contribution >= 0.6 is 11.8 Å². The molecular weight excluding hydrogens is 266 g/mol. The van der Waals surface area contributed by atoms with Crippen molar-refractivity contribution >= 4 is 17.7 Å². The number of allylic oxidation sites excluding steroid dienone is 1. The van der Waals surface area contributed by atoms with E-state index in [2.05, 4.69) is 24.3 Å². The molecule has 2 fully saturated rings. The van der Waals surface area contributed by atoms with Gasteiger partial charge < -0.3 is 4.90 Å². The van der Waals surface area contributed by atoms with Gasteiger partial charge in [0.05, 0.1) is 5.75 Å². The first-order valence-corrected chi connectivity index (χ1v) is 8.57. The van der Waals surface area contributed by atoms with Crippen LogP contribution < -0.4 is 0 Å². The van der Waals surface area contributed by atoms with Crippen LogP contribution in [0, 0.1) is 0 Å². The zero-order valence-corrected chi connectivity index (χ0v) is 12.6. The summed E-state index contributed by atoms with van der Waals surface area (Å²) in [5, 5.41) is 0. The van der Waals surface area contributed by atoms with Gasteiger partial charge in [0.15, 0.2) is 0 Å². The first-order chi connectivity index (χ1) is 9.83. The van der Waals surface area contributed by atoms with E-state index in [1.807, 2.05) is 11.0 Å². The number of carbonyl (C=O) groups is 1. The zero-order chi connectivity index (χ0) is 13.8. The highest BCUT2D eigenvalue weighted by atomic mass is 32.2. The minimum Gasteiger partial charge on any atom is -0.341 e. The van der Waals surface area contributed by atoms with Gasteiger partial charge in [-0.05, 0) is 31.2 Å². The number of likely N-dealkylation sites (tertiary alicyclic amines) is 1. The highest BCUT2D eigenvalue weighted by Gasteiger charge is 2.24. The van der Waals surface area contributed by atoms with E-state index in [0.29, 0.717) is 11.7 Å². The summed E-state index contributed by atoms with van der Waals surface area (Å²) >= 11 is 1.72. The average molecular weight is 287 g/mol. The number of benzene rings is 1. The Labute approximate surface area is 125 Å². The molecule has 0 spiro atoms. The lowest BCUT2D eigenvalue weighted by Gasteiger charge is -2.28. The predicted molar refractivity (Wildman–Crippen MR) is 84.7 cm³/mol. The van der Waals surface area contributed by atoms with Gasteiger partial charge >= 0.3 is 0 Å². The summed E-state index contributed by atoms with van der Waals surface area (Å²) in [7, 11) is 0. The van der Waals surface area contributed by atoms with Crippen LogP contribution in [0.1, 0.15) is 31.2 Å². The van der Waals surface area contributed by atoms with Gasteiger partial charge in [0.25, 0.3) is 0 Å². The van der Waals surface area contributed by atoms with Crippen LogP contribution in [-0.2, 0) is 10.5 Å². The third kappa shape index (κ3) is 3.66. The fraction of sp³-hybridized carbons (Fsp3) is 0.471. The quantitative estimate of drug-likeness (QED) is 0.788. The second-order valence-electron chi connectivity index (χ2n) is 5.57. The van der Waals surface area contributed by atoms with Crippen LogP contribution in [0.4, 0.5) is 0 Å². The summed E-state index contributed by atoms with van der Waals surface area (Å²) in [5.41, 5.74) is 4.62. The van der Waals surface area contributed by atoms with Gasteiger partial charge in [0.2, 0.25) is 5.91 Å². The van der Waals surface area contributed by atoms with E-state index in [-0.39, 0.29) is 0 Å². The smallest absolute Gasteiger partial charge is 0.232 e. The molecule has 0 N–H and O–H groups in total. The number of hydrogen-bond acceptors (Lipinski definition) is 2. The third-order valence-corrected chi connectivity index (χ3v) is 5.05. The van der Waals surface area contributed by atoms with Crippen molar-refractivity contribution in [1.82, 2.24) is 4.90 Å². The number of carbonyl (C=O) groups excluding carboxylic acids is 1. The Morgan fingerprint density at radius 3 is 2.30 bits per heavy atom. The molecule has 1 aromatic rings. The lowest BCUT2D eigenvalue weighted by atomic mass is 10.0. The fourth-order valence-corrected chi connectivity index (χ4v) is 3.60. The molecule has 1 aliphatic carbocycles. The molecule has 2 aliphatic rings. The monoisotopic (exact) mass is 287 g/mol. The summed E-state index contributed by atoms with van der Waals surface area (Å²) in [5.74, 6) is 1.85. The number of nitrogens with zero attached hydrogens (tertiary/aromatic N) is 1. The molecule has 106 valence electrons. The Balaban J connectivity index is 1.40. The molecule has 0 bridgehead atoms. The molecule has 20 heavy (non-hydrogen) atoms. The summed E-state index contributed by atoms with van der Waals surface area (Å²) in [6.45, 7) is 1.87. The first kappa shape index (κ1) is 13.7. The summed E-state index contributed by atoms with van der Waals surface area (Å²) < 4.78 is 0. The van der Waals surface area contributed by atoms with Crippen LogP contribution in [0.15, 0.2) is 41.5 Å². The maximum Gasteiger partial charge on any atom is 0.232 e. The predicted octanol–water partition coefficient (Wildman–Crippen LogP) is 3.63. The van der Waals surface area contributed by atoms with Gasteiger partial charge in [-0.3, -0.25) is 4.79 Å². The molecule has 3 heteroatoms. The van der Waals surface area contributed by atoms with E-state index in [1.165, 1.54) is 18.4 Å². The van der Waals surface area contributed by atoms with Gasteiger partial charge in [0, 0.05) is 18.8 Å². The second-order valence-corrected chi connectivity index (χ2v) is 6.55. The molecular formula is C17H21NOS. The van der Waals surface area contributed by atoms with E-state index in [0.717, 1.165) is 31.7 Å². The number of hydrogen-bond donors (Lipinski definition) is 0. The summed E-state index contributed by atoms with van der Waals surface area (Å²) in [4.78, 5) is 14.2. The average Bonchev–Trinajstić information content (AvgIpc) is 3.33. The highest BCUT2D eigenvalue weighted by molar-refractivity contribution is 7.99. The molecule has 1 amide bonds. The van der Waals surface area contributed by atoms with Gasteiger partial charge in [-0.15, -0.1) is 11.8 Å². The Bertz CT molecular complexity index is 493. The van der Waals surface area contributed by atoms with Crippen molar-refractivity contribution in [2.75, 3.05) is 18.8 Å². The highest BCUT2D eigenvalue weighted by Crippen LogP contribution is 2.36. The van der Waals surface area contributed by atoms with Crippen molar-refractivity contribution < 1.29 is 4.79 Å². The van der Waals surface area contributed by atoms with Crippen molar-refractivity contribution in [2.24, 2.45) is 0 Å². The number of amides is 1. The zero-order valence-electron chi connectivity index (χ0n) is 11.8. The van der Waals surface area contributed by atoms with Crippen LogP contribution in [0.25, 0.3) is 0 Å². The van der Waals surface area contributed by atoms with Crippen molar-refractivity contribution in [3.8, 4) is 0 Å². The Morgan fingerprint density at radius 2 is 1.65 bits per heavy atom. The van der Waals surface area contributed by atoms with E-state index < -0.39 is 0 Å². The van der Waals surface area contributed by atoms with Crippen molar-refractivity contribution in [1.29, 1.82) is 0 Å². The second kappa shape index (κ2) is 6.49. The van der Waals surface area contributed by atoms with Crippen LogP contribution in [0.3, 0.4) is 0 Å². The Hall–Kier alpha value is -1.22. The van der Waals surface area contributed by atoms with Crippen molar-refractivity contribution in [2.45, 2.75) is 31.4 Å². The van der Waals surface area contributed by atoms with Crippen molar-refractivity contribution in [3.63, 3.8) is 0 Å². The molecule has 3 rings (SSSR count). The molecule has 0 radical (unpaired) electrons. The van der Waals surface area contributed by atoms with Gasteiger partial charge in [0.1, 0.15) is 0 Å². The molecule has 0 atom stereocenters. The molecule has 1 saturated carbocycles.